The van der Waals surface area contributed by atoms with Crippen LogP contribution in [0.3, 0.4) is 0 Å². The van der Waals surface area contributed by atoms with Gasteiger partial charge in [-0.05, 0) is 24.6 Å². The number of nitrogens with zero attached hydrogens (tertiary/aromatic N) is 5. The average molecular weight is 419 g/mol. The second kappa shape index (κ2) is 7.50. The number of imidazole rings is 1. The molecule has 0 radical (unpaired) electrons. The molecule has 160 valence electrons. The molecule has 1 fully saturated rings. The molecule has 2 aromatic heterocycles. The van der Waals surface area contributed by atoms with Crippen LogP contribution in [0.2, 0.25) is 0 Å². The molecule has 31 heavy (non-hydrogen) atoms. The van der Waals surface area contributed by atoms with E-state index in [2.05, 4.69) is 38.8 Å². The third-order valence-corrected chi connectivity index (χ3v) is 5.78. The van der Waals surface area contributed by atoms with Gasteiger partial charge in [0.2, 0.25) is 11.9 Å². The zero-order chi connectivity index (χ0) is 21.5. The average Bonchev–Trinajstić information content (AvgIpc) is 3.24. The summed E-state index contributed by atoms with van der Waals surface area (Å²) in [6.07, 6.45) is 0. The van der Waals surface area contributed by atoms with Gasteiger partial charge in [0, 0.05) is 37.6 Å². The number of nitrogens with one attached hydrogen (secondary N) is 1. The number of hydrogen-bond donors (Lipinski definition) is 2. The van der Waals surface area contributed by atoms with Crippen LogP contribution in [-0.4, -0.2) is 60.3 Å². The molecule has 5 rings (SSSR count). The van der Waals surface area contributed by atoms with E-state index in [1.54, 1.807) is 14.2 Å². The van der Waals surface area contributed by atoms with Gasteiger partial charge in [0.1, 0.15) is 5.82 Å². The number of aryl methyl sites for hydroxylation is 1. The zero-order valence-electron chi connectivity index (χ0n) is 17.8. The number of methoxy groups -OCH3 is 2. The quantitative estimate of drug-likeness (QED) is 0.520. The van der Waals surface area contributed by atoms with Crippen LogP contribution in [0.25, 0.3) is 21.9 Å². The molecule has 0 atom stereocenters. The fourth-order valence-corrected chi connectivity index (χ4v) is 4.04. The minimum absolute atomic E-state index is 0.427. The number of aromatic nitrogens is 4. The number of nitrogen functional groups attached to an aromatic ring is 1. The van der Waals surface area contributed by atoms with Crippen molar-refractivity contribution >= 4 is 39.7 Å². The van der Waals surface area contributed by atoms with Gasteiger partial charge in [-0.2, -0.15) is 4.98 Å². The molecule has 1 aliphatic rings. The van der Waals surface area contributed by atoms with Crippen molar-refractivity contribution < 1.29 is 9.47 Å². The highest BCUT2D eigenvalue weighted by Crippen LogP contribution is 2.34. The summed E-state index contributed by atoms with van der Waals surface area (Å²) in [5, 5.41) is 0.748. The van der Waals surface area contributed by atoms with Gasteiger partial charge in [0.25, 0.3) is 0 Å². The number of ether oxygens (including phenoxy) is 2. The summed E-state index contributed by atoms with van der Waals surface area (Å²) in [5.74, 6) is 3.17. The van der Waals surface area contributed by atoms with Gasteiger partial charge < -0.3 is 30.0 Å². The Morgan fingerprint density at radius 3 is 2.35 bits per heavy atom. The van der Waals surface area contributed by atoms with Gasteiger partial charge in [-0.15, -0.1) is 0 Å². The van der Waals surface area contributed by atoms with Gasteiger partial charge >= 0.3 is 0 Å². The molecule has 0 aliphatic carbocycles. The highest BCUT2D eigenvalue weighted by Gasteiger charge is 2.23. The van der Waals surface area contributed by atoms with E-state index in [9.17, 15) is 0 Å². The van der Waals surface area contributed by atoms with Crippen LogP contribution >= 0.6 is 0 Å². The first-order chi connectivity index (χ1) is 15.1. The topological polar surface area (TPSA) is 105 Å². The Kier molecular flexibility index (Phi) is 4.65. The SMILES string of the molecule is COc1cc2nc(N3CCN(c4nc5c(C)cccc5[nH]4)CC3)nc(N)c2cc1OC. The highest BCUT2D eigenvalue weighted by molar-refractivity contribution is 5.91. The van der Waals surface area contributed by atoms with E-state index in [0.29, 0.717) is 23.3 Å². The Hall–Kier alpha value is -3.75. The molecule has 9 heteroatoms. The molecule has 0 bridgehead atoms. The number of fused-ring (bicyclic) bond motifs is 2. The maximum Gasteiger partial charge on any atom is 0.228 e. The second-order valence-electron chi connectivity index (χ2n) is 7.64. The summed E-state index contributed by atoms with van der Waals surface area (Å²) in [6.45, 7) is 5.25. The summed E-state index contributed by atoms with van der Waals surface area (Å²) in [4.78, 5) is 21.9. The Morgan fingerprint density at radius 2 is 1.65 bits per heavy atom. The first kappa shape index (κ1) is 19.2. The van der Waals surface area contributed by atoms with E-state index >= 15 is 0 Å². The number of H-pyrrole nitrogens is 1. The molecule has 2 aromatic carbocycles. The predicted molar refractivity (Wildman–Crippen MR) is 122 cm³/mol. The van der Waals surface area contributed by atoms with Gasteiger partial charge in [-0.3, -0.25) is 0 Å². The number of benzene rings is 2. The molecule has 0 saturated carbocycles. The maximum atomic E-state index is 6.25. The van der Waals surface area contributed by atoms with E-state index in [1.807, 2.05) is 18.2 Å². The lowest BCUT2D eigenvalue weighted by atomic mass is 10.2. The molecule has 9 nitrogen and oxygen atoms in total. The van der Waals surface area contributed by atoms with Crippen molar-refractivity contribution in [2.75, 3.05) is 55.9 Å². The highest BCUT2D eigenvalue weighted by atomic mass is 16.5. The number of para-hydroxylation sites is 1. The predicted octanol–water partition coefficient (Wildman–Crippen LogP) is 2.74. The second-order valence-corrected chi connectivity index (χ2v) is 7.64. The van der Waals surface area contributed by atoms with Crippen LogP contribution in [0.1, 0.15) is 5.56 Å². The van der Waals surface area contributed by atoms with E-state index in [1.165, 1.54) is 5.56 Å². The van der Waals surface area contributed by atoms with Crippen molar-refractivity contribution in [1.82, 2.24) is 19.9 Å². The van der Waals surface area contributed by atoms with Crippen LogP contribution in [0.4, 0.5) is 17.7 Å². The van der Waals surface area contributed by atoms with Gasteiger partial charge in [0.15, 0.2) is 11.5 Å². The minimum Gasteiger partial charge on any atom is -0.493 e. The Labute approximate surface area is 179 Å². The molecule has 0 amide bonds. The molecule has 0 spiro atoms. The van der Waals surface area contributed by atoms with Gasteiger partial charge in [-0.25, -0.2) is 9.97 Å². The van der Waals surface area contributed by atoms with E-state index in [4.69, 9.17) is 25.2 Å². The van der Waals surface area contributed by atoms with Crippen molar-refractivity contribution in [3.63, 3.8) is 0 Å². The third-order valence-electron chi connectivity index (χ3n) is 5.78. The molecular weight excluding hydrogens is 394 g/mol. The summed E-state index contributed by atoms with van der Waals surface area (Å²) in [7, 11) is 3.20. The molecule has 3 N–H and O–H groups in total. The van der Waals surface area contributed by atoms with E-state index in [0.717, 1.165) is 54.1 Å². The van der Waals surface area contributed by atoms with E-state index in [-0.39, 0.29) is 0 Å². The Morgan fingerprint density at radius 1 is 0.935 bits per heavy atom. The number of nitrogens with two attached hydrogens (primary N) is 1. The molecular formula is C22H25N7O2. The Bertz CT molecular complexity index is 1260. The fraction of sp³-hybridized carbons (Fsp3) is 0.318. The lowest BCUT2D eigenvalue weighted by molar-refractivity contribution is 0.356. The standard InChI is InChI=1S/C22H25N7O2/c1-13-5-4-6-15-19(13)26-21(24-15)28-7-9-29(10-8-28)22-25-16-12-18(31-3)17(30-2)11-14(16)20(23)27-22/h4-6,11-12H,7-10H2,1-3H3,(H,24,26)(H2,23,25,27). The van der Waals surface area contributed by atoms with Crippen molar-refractivity contribution in [2.24, 2.45) is 0 Å². The summed E-state index contributed by atoms with van der Waals surface area (Å²) >= 11 is 0. The minimum atomic E-state index is 0.427. The van der Waals surface area contributed by atoms with Crippen molar-refractivity contribution in [1.29, 1.82) is 0 Å². The molecule has 3 heterocycles. The molecule has 4 aromatic rings. The van der Waals surface area contributed by atoms with Crippen molar-refractivity contribution in [3.8, 4) is 11.5 Å². The summed E-state index contributed by atoms with van der Waals surface area (Å²) in [5.41, 5.74) is 10.2. The maximum absolute atomic E-state index is 6.25. The van der Waals surface area contributed by atoms with Crippen LogP contribution in [0.15, 0.2) is 30.3 Å². The van der Waals surface area contributed by atoms with E-state index < -0.39 is 0 Å². The normalized spacial score (nSPS) is 14.4. The van der Waals surface area contributed by atoms with Gasteiger partial charge in [0.05, 0.1) is 30.8 Å². The van der Waals surface area contributed by atoms with Crippen LogP contribution in [0, 0.1) is 6.92 Å². The number of aromatic amines is 1. The number of rotatable bonds is 4. The largest absolute Gasteiger partial charge is 0.493 e. The first-order valence-electron chi connectivity index (χ1n) is 10.2. The smallest absolute Gasteiger partial charge is 0.228 e. The zero-order valence-corrected chi connectivity index (χ0v) is 17.8. The fourth-order valence-electron chi connectivity index (χ4n) is 4.04. The summed E-state index contributed by atoms with van der Waals surface area (Å²) < 4.78 is 10.8. The molecule has 1 aliphatic heterocycles. The van der Waals surface area contributed by atoms with Crippen molar-refractivity contribution in [2.45, 2.75) is 6.92 Å². The monoisotopic (exact) mass is 419 g/mol. The first-order valence-corrected chi connectivity index (χ1v) is 10.2. The summed E-state index contributed by atoms with van der Waals surface area (Å²) in [6, 6.07) is 9.84. The molecule has 0 unspecified atom stereocenters. The molecule has 1 saturated heterocycles. The lowest BCUT2D eigenvalue weighted by Crippen LogP contribution is -2.47. The van der Waals surface area contributed by atoms with Crippen LogP contribution in [-0.2, 0) is 0 Å². The van der Waals surface area contributed by atoms with Crippen molar-refractivity contribution in [3.05, 3.63) is 35.9 Å². The van der Waals surface area contributed by atoms with Crippen LogP contribution < -0.4 is 25.0 Å². The number of anilines is 3. The third kappa shape index (κ3) is 3.31. The lowest BCUT2D eigenvalue weighted by Gasteiger charge is -2.34. The van der Waals surface area contributed by atoms with Crippen LogP contribution in [0.5, 0.6) is 11.5 Å². The Balaban J connectivity index is 1.38. The number of piperazine rings is 1. The number of hydrogen-bond acceptors (Lipinski definition) is 8. The van der Waals surface area contributed by atoms with Gasteiger partial charge in [-0.1, -0.05) is 12.1 Å².